The molecular weight excluding hydrogens is 254 g/mol. The van der Waals surface area contributed by atoms with Crippen LogP contribution in [0, 0.1) is 5.92 Å². The number of aryl methyl sites for hydroxylation is 1. The summed E-state index contributed by atoms with van der Waals surface area (Å²) in [6.45, 7) is 5.65. The molecule has 0 amide bonds. The van der Waals surface area contributed by atoms with E-state index >= 15 is 0 Å². The quantitative estimate of drug-likeness (QED) is 0.621. The zero-order valence-corrected chi connectivity index (χ0v) is 14.0. The lowest BCUT2D eigenvalue weighted by molar-refractivity contribution is 0.301. The van der Waals surface area contributed by atoms with Gasteiger partial charge < -0.3 is 5.32 Å². The highest BCUT2D eigenvalue weighted by atomic mass is 14.9. The molecular formula is C20H33N. The third-order valence-electron chi connectivity index (χ3n) is 5.04. The second-order valence-corrected chi connectivity index (χ2v) is 6.64. The summed E-state index contributed by atoms with van der Waals surface area (Å²) < 4.78 is 0. The molecule has 0 heterocycles. The van der Waals surface area contributed by atoms with Crippen molar-refractivity contribution in [3.63, 3.8) is 0 Å². The van der Waals surface area contributed by atoms with Gasteiger partial charge in [-0.3, -0.25) is 0 Å². The maximum Gasteiger partial charge on any atom is 0.00985 e. The zero-order chi connectivity index (χ0) is 14.9. The predicted molar refractivity (Wildman–Crippen MR) is 92.8 cm³/mol. The molecule has 0 saturated carbocycles. The summed E-state index contributed by atoms with van der Waals surface area (Å²) in [4.78, 5) is 0. The van der Waals surface area contributed by atoms with Crippen molar-refractivity contribution in [3.8, 4) is 0 Å². The van der Waals surface area contributed by atoms with E-state index in [-0.39, 0.29) is 0 Å². The number of fused-ring (bicyclic) bond motifs is 1. The first-order chi connectivity index (χ1) is 10.3. The lowest BCUT2D eigenvalue weighted by Gasteiger charge is -2.32. The molecule has 21 heavy (non-hydrogen) atoms. The van der Waals surface area contributed by atoms with Crippen LogP contribution in [0.15, 0.2) is 24.3 Å². The van der Waals surface area contributed by atoms with E-state index in [2.05, 4.69) is 43.4 Å². The van der Waals surface area contributed by atoms with E-state index in [4.69, 9.17) is 0 Å². The first kappa shape index (κ1) is 16.5. The summed E-state index contributed by atoms with van der Waals surface area (Å²) in [5.41, 5.74) is 3.19. The van der Waals surface area contributed by atoms with Crippen LogP contribution in [0.4, 0.5) is 0 Å². The normalized spacial score (nSPS) is 19.2. The molecule has 1 aliphatic rings. The van der Waals surface area contributed by atoms with Crippen LogP contribution in [0.1, 0.15) is 69.9 Å². The Balaban J connectivity index is 1.84. The number of unbranched alkanes of at least 4 members (excludes halogenated alkanes) is 4. The van der Waals surface area contributed by atoms with E-state index in [9.17, 15) is 0 Å². The Bertz CT molecular complexity index is 399. The van der Waals surface area contributed by atoms with Gasteiger partial charge >= 0.3 is 0 Å². The van der Waals surface area contributed by atoms with Crippen molar-refractivity contribution in [2.75, 3.05) is 6.54 Å². The fourth-order valence-electron chi connectivity index (χ4n) is 3.80. The minimum absolute atomic E-state index is 0.727. The summed E-state index contributed by atoms with van der Waals surface area (Å²) in [5.74, 6) is 0.839. The Morgan fingerprint density at radius 2 is 1.81 bits per heavy atom. The van der Waals surface area contributed by atoms with E-state index in [1.165, 1.54) is 57.8 Å². The molecule has 1 aliphatic carbocycles. The van der Waals surface area contributed by atoms with Gasteiger partial charge in [-0.1, -0.05) is 70.2 Å². The lowest BCUT2D eigenvalue weighted by Crippen LogP contribution is -2.38. The maximum absolute atomic E-state index is 3.77. The molecule has 0 bridgehead atoms. The maximum atomic E-state index is 3.77. The average Bonchev–Trinajstić information content (AvgIpc) is 2.53. The van der Waals surface area contributed by atoms with Crippen LogP contribution in [0.5, 0.6) is 0 Å². The predicted octanol–water partition coefficient (Wildman–Crippen LogP) is 5.13. The van der Waals surface area contributed by atoms with Gasteiger partial charge in [-0.05, 0) is 49.3 Å². The number of benzene rings is 1. The summed E-state index contributed by atoms with van der Waals surface area (Å²) in [6, 6.07) is 9.78. The third-order valence-corrected chi connectivity index (χ3v) is 5.04. The van der Waals surface area contributed by atoms with Gasteiger partial charge in [0, 0.05) is 6.04 Å². The van der Waals surface area contributed by atoms with Gasteiger partial charge in [0.25, 0.3) is 0 Å². The smallest absolute Gasteiger partial charge is 0.00985 e. The van der Waals surface area contributed by atoms with Crippen molar-refractivity contribution in [1.29, 1.82) is 0 Å². The van der Waals surface area contributed by atoms with E-state index in [1.807, 2.05) is 0 Å². The zero-order valence-electron chi connectivity index (χ0n) is 14.0. The van der Waals surface area contributed by atoms with Crippen molar-refractivity contribution in [2.45, 2.75) is 77.7 Å². The van der Waals surface area contributed by atoms with Crippen LogP contribution in [-0.2, 0) is 12.8 Å². The Labute approximate surface area is 131 Å². The molecule has 0 aliphatic heterocycles. The third kappa shape index (κ3) is 5.14. The minimum atomic E-state index is 0.727. The fourth-order valence-corrected chi connectivity index (χ4v) is 3.80. The molecule has 118 valence electrons. The summed E-state index contributed by atoms with van der Waals surface area (Å²) in [5, 5.41) is 3.77. The molecule has 0 spiro atoms. The average molecular weight is 287 g/mol. The van der Waals surface area contributed by atoms with Crippen molar-refractivity contribution in [2.24, 2.45) is 5.92 Å². The van der Waals surface area contributed by atoms with Gasteiger partial charge in [-0.15, -0.1) is 0 Å². The molecule has 2 unspecified atom stereocenters. The highest BCUT2D eigenvalue weighted by molar-refractivity contribution is 5.30. The van der Waals surface area contributed by atoms with Gasteiger partial charge in [-0.25, -0.2) is 0 Å². The molecule has 0 aromatic heterocycles. The van der Waals surface area contributed by atoms with Crippen LogP contribution in [0.25, 0.3) is 0 Å². The van der Waals surface area contributed by atoms with E-state index < -0.39 is 0 Å². The standard InChI is InChI=1S/C20H33N/c1-3-5-6-7-8-13-20(21-4-2)19-15-14-17-11-9-10-12-18(17)16-19/h9-12,19-21H,3-8,13-16H2,1-2H3. The van der Waals surface area contributed by atoms with Gasteiger partial charge in [0.2, 0.25) is 0 Å². The Morgan fingerprint density at radius 1 is 1.05 bits per heavy atom. The largest absolute Gasteiger partial charge is 0.314 e. The van der Waals surface area contributed by atoms with Crippen LogP contribution in [0.3, 0.4) is 0 Å². The van der Waals surface area contributed by atoms with E-state index in [0.717, 1.165) is 18.5 Å². The van der Waals surface area contributed by atoms with Crippen LogP contribution >= 0.6 is 0 Å². The first-order valence-corrected chi connectivity index (χ1v) is 9.15. The lowest BCUT2D eigenvalue weighted by atomic mass is 9.78. The topological polar surface area (TPSA) is 12.0 Å². The minimum Gasteiger partial charge on any atom is -0.314 e. The molecule has 1 nitrogen and oxygen atoms in total. The Hall–Kier alpha value is -0.820. The Kier molecular flexibility index (Phi) is 7.29. The molecule has 1 heteroatoms. The van der Waals surface area contributed by atoms with Gasteiger partial charge in [0.05, 0.1) is 0 Å². The van der Waals surface area contributed by atoms with Crippen molar-refractivity contribution in [1.82, 2.24) is 5.32 Å². The molecule has 1 N–H and O–H groups in total. The highest BCUT2D eigenvalue weighted by Crippen LogP contribution is 2.29. The molecule has 2 rings (SSSR count). The first-order valence-electron chi connectivity index (χ1n) is 9.15. The second kappa shape index (κ2) is 9.25. The molecule has 0 saturated heterocycles. The monoisotopic (exact) mass is 287 g/mol. The summed E-state index contributed by atoms with van der Waals surface area (Å²) >= 11 is 0. The highest BCUT2D eigenvalue weighted by Gasteiger charge is 2.25. The van der Waals surface area contributed by atoms with Crippen molar-refractivity contribution >= 4 is 0 Å². The van der Waals surface area contributed by atoms with Crippen LogP contribution in [0.2, 0.25) is 0 Å². The second-order valence-electron chi connectivity index (χ2n) is 6.64. The number of rotatable bonds is 9. The molecule has 0 radical (unpaired) electrons. The van der Waals surface area contributed by atoms with Gasteiger partial charge in [-0.2, -0.15) is 0 Å². The van der Waals surface area contributed by atoms with Crippen molar-refractivity contribution < 1.29 is 0 Å². The SMILES string of the molecule is CCCCCCCC(NCC)C1CCc2ccccc2C1. The van der Waals surface area contributed by atoms with E-state index in [1.54, 1.807) is 11.1 Å². The van der Waals surface area contributed by atoms with Crippen molar-refractivity contribution in [3.05, 3.63) is 35.4 Å². The number of nitrogens with one attached hydrogen (secondary N) is 1. The molecule has 0 fully saturated rings. The number of hydrogen-bond donors (Lipinski definition) is 1. The summed E-state index contributed by atoms with van der Waals surface area (Å²) in [6.07, 6.45) is 12.3. The fraction of sp³-hybridized carbons (Fsp3) is 0.700. The summed E-state index contributed by atoms with van der Waals surface area (Å²) in [7, 11) is 0. The molecule has 2 atom stereocenters. The molecule has 1 aromatic carbocycles. The van der Waals surface area contributed by atoms with Crippen LogP contribution < -0.4 is 5.32 Å². The van der Waals surface area contributed by atoms with Gasteiger partial charge in [0.15, 0.2) is 0 Å². The van der Waals surface area contributed by atoms with Gasteiger partial charge in [0.1, 0.15) is 0 Å². The molecule has 1 aromatic rings. The van der Waals surface area contributed by atoms with E-state index in [0.29, 0.717) is 0 Å². The number of hydrogen-bond acceptors (Lipinski definition) is 1. The van der Waals surface area contributed by atoms with Crippen LogP contribution in [-0.4, -0.2) is 12.6 Å². The Morgan fingerprint density at radius 3 is 2.57 bits per heavy atom.